The summed E-state index contributed by atoms with van der Waals surface area (Å²) in [7, 11) is 4.04. The standard InChI is InChI=1S/C26H25N3O/c1-28(2)23-15-9-14-22(18-23)25-19-24(21-12-7-4-8-13-21)27-29(25)26(30)17-16-20-10-5-3-6-11-20/h3-18,25H,19H2,1-2H3/b17-16-. The Labute approximate surface area is 177 Å². The Hall–Kier alpha value is -3.66. The fraction of sp³-hybridized carbons (Fsp3) is 0.154. The molecule has 1 atom stereocenters. The zero-order valence-electron chi connectivity index (χ0n) is 17.3. The number of hydrogen-bond donors (Lipinski definition) is 0. The van der Waals surface area contributed by atoms with Gasteiger partial charge in [-0.1, -0.05) is 72.8 Å². The Morgan fingerprint density at radius 2 is 1.67 bits per heavy atom. The van der Waals surface area contributed by atoms with Crippen LogP contribution in [0.1, 0.15) is 29.2 Å². The fourth-order valence-corrected chi connectivity index (χ4v) is 3.60. The highest BCUT2D eigenvalue weighted by Gasteiger charge is 2.32. The van der Waals surface area contributed by atoms with Crippen molar-refractivity contribution in [3.63, 3.8) is 0 Å². The van der Waals surface area contributed by atoms with Crippen molar-refractivity contribution in [1.82, 2.24) is 5.01 Å². The number of anilines is 1. The van der Waals surface area contributed by atoms with E-state index in [0.29, 0.717) is 6.42 Å². The molecule has 1 unspecified atom stereocenters. The van der Waals surface area contributed by atoms with E-state index in [1.54, 1.807) is 11.1 Å². The van der Waals surface area contributed by atoms with Gasteiger partial charge in [-0.15, -0.1) is 0 Å². The molecule has 150 valence electrons. The van der Waals surface area contributed by atoms with Crippen molar-refractivity contribution in [2.45, 2.75) is 12.5 Å². The molecule has 0 radical (unpaired) electrons. The smallest absolute Gasteiger partial charge is 0.267 e. The maximum atomic E-state index is 13.1. The molecule has 0 N–H and O–H groups in total. The lowest BCUT2D eigenvalue weighted by atomic mass is 9.98. The van der Waals surface area contributed by atoms with E-state index in [9.17, 15) is 4.79 Å². The summed E-state index contributed by atoms with van der Waals surface area (Å²) in [5.41, 5.74) is 5.15. The van der Waals surface area contributed by atoms with E-state index in [1.807, 2.05) is 86.9 Å². The summed E-state index contributed by atoms with van der Waals surface area (Å²) in [5, 5.41) is 6.36. The minimum atomic E-state index is -0.131. The summed E-state index contributed by atoms with van der Waals surface area (Å²) in [6.07, 6.45) is 4.13. The Balaban J connectivity index is 1.67. The quantitative estimate of drug-likeness (QED) is 0.561. The van der Waals surface area contributed by atoms with Crippen LogP contribution in [0.25, 0.3) is 6.08 Å². The van der Waals surface area contributed by atoms with Gasteiger partial charge in [-0.05, 0) is 34.9 Å². The zero-order valence-corrected chi connectivity index (χ0v) is 17.3. The first-order valence-corrected chi connectivity index (χ1v) is 10.1. The van der Waals surface area contributed by atoms with Gasteiger partial charge in [-0.3, -0.25) is 4.79 Å². The summed E-state index contributed by atoms with van der Waals surface area (Å²) >= 11 is 0. The van der Waals surface area contributed by atoms with E-state index in [-0.39, 0.29) is 11.9 Å². The van der Waals surface area contributed by atoms with E-state index >= 15 is 0 Å². The lowest BCUT2D eigenvalue weighted by Gasteiger charge is -2.22. The second-order valence-corrected chi connectivity index (χ2v) is 7.55. The van der Waals surface area contributed by atoms with Crippen LogP contribution < -0.4 is 4.90 Å². The molecule has 1 aliphatic rings. The maximum absolute atomic E-state index is 13.1. The molecular weight excluding hydrogens is 370 g/mol. The molecule has 0 saturated heterocycles. The van der Waals surface area contributed by atoms with Crippen LogP contribution in [0.4, 0.5) is 5.69 Å². The number of amides is 1. The number of hydrazone groups is 1. The van der Waals surface area contributed by atoms with Gasteiger partial charge in [0.05, 0.1) is 11.8 Å². The van der Waals surface area contributed by atoms with Crippen molar-refractivity contribution in [3.05, 3.63) is 108 Å². The average molecular weight is 396 g/mol. The monoisotopic (exact) mass is 395 g/mol. The van der Waals surface area contributed by atoms with Gasteiger partial charge in [-0.25, -0.2) is 5.01 Å². The molecule has 1 heterocycles. The first-order chi connectivity index (χ1) is 14.6. The van der Waals surface area contributed by atoms with Gasteiger partial charge >= 0.3 is 0 Å². The van der Waals surface area contributed by atoms with E-state index in [0.717, 1.165) is 28.1 Å². The normalized spacial score (nSPS) is 16.0. The molecule has 0 spiro atoms. The highest BCUT2D eigenvalue weighted by molar-refractivity contribution is 6.04. The number of carbonyl (C=O) groups is 1. The third-order valence-corrected chi connectivity index (χ3v) is 5.23. The molecule has 0 aromatic heterocycles. The predicted octanol–water partition coefficient (Wildman–Crippen LogP) is 5.14. The van der Waals surface area contributed by atoms with Gasteiger partial charge in [-0.2, -0.15) is 5.10 Å². The van der Waals surface area contributed by atoms with Crippen LogP contribution in [0.2, 0.25) is 0 Å². The van der Waals surface area contributed by atoms with Crippen molar-refractivity contribution in [3.8, 4) is 0 Å². The number of benzene rings is 3. The van der Waals surface area contributed by atoms with Gasteiger partial charge in [0.15, 0.2) is 0 Å². The summed E-state index contributed by atoms with van der Waals surface area (Å²) in [5.74, 6) is -0.120. The Morgan fingerprint density at radius 1 is 0.967 bits per heavy atom. The number of nitrogens with zero attached hydrogens (tertiary/aromatic N) is 3. The molecule has 3 aromatic carbocycles. The number of carbonyl (C=O) groups excluding carboxylic acids is 1. The topological polar surface area (TPSA) is 35.9 Å². The molecule has 30 heavy (non-hydrogen) atoms. The van der Waals surface area contributed by atoms with Gasteiger partial charge in [0.2, 0.25) is 0 Å². The van der Waals surface area contributed by atoms with Crippen molar-refractivity contribution in [2.75, 3.05) is 19.0 Å². The van der Waals surface area contributed by atoms with Crippen LogP contribution in [0.5, 0.6) is 0 Å². The van der Waals surface area contributed by atoms with Crippen LogP contribution in [0.3, 0.4) is 0 Å². The zero-order chi connectivity index (χ0) is 20.9. The molecule has 0 aliphatic carbocycles. The van der Waals surface area contributed by atoms with Crippen LogP contribution in [0.15, 0.2) is 96.1 Å². The largest absolute Gasteiger partial charge is 0.378 e. The molecule has 1 aliphatic heterocycles. The second kappa shape index (κ2) is 8.78. The van der Waals surface area contributed by atoms with Crippen LogP contribution in [-0.4, -0.2) is 30.7 Å². The Kier molecular flexibility index (Phi) is 5.75. The Morgan fingerprint density at radius 3 is 2.37 bits per heavy atom. The first-order valence-electron chi connectivity index (χ1n) is 10.1. The third kappa shape index (κ3) is 4.33. The molecule has 1 amide bonds. The molecule has 4 heteroatoms. The van der Waals surface area contributed by atoms with Crippen LogP contribution in [0, 0.1) is 0 Å². The first kappa shape index (κ1) is 19.6. The van der Waals surface area contributed by atoms with Crippen molar-refractivity contribution in [2.24, 2.45) is 5.10 Å². The van der Waals surface area contributed by atoms with E-state index < -0.39 is 0 Å². The lowest BCUT2D eigenvalue weighted by molar-refractivity contribution is -0.127. The Bertz CT molecular complexity index is 1070. The van der Waals surface area contributed by atoms with Crippen LogP contribution >= 0.6 is 0 Å². The average Bonchev–Trinajstić information content (AvgIpc) is 3.24. The summed E-state index contributed by atoms with van der Waals surface area (Å²) in [6, 6.07) is 28.1. The van der Waals surface area contributed by atoms with Gasteiger partial charge in [0, 0.05) is 32.3 Å². The predicted molar refractivity (Wildman–Crippen MR) is 123 cm³/mol. The fourth-order valence-electron chi connectivity index (χ4n) is 3.60. The molecule has 4 nitrogen and oxygen atoms in total. The summed E-state index contributed by atoms with van der Waals surface area (Å²) < 4.78 is 0. The van der Waals surface area contributed by atoms with Crippen molar-refractivity contribution in [1.29, 1.82) is 0 Å². The molecule has 3 aromatic rings. The lowest BCUT2D eigenvalue weighted by Crippen LogP contribution is -2.25. The second-order valence-electron chi connectivity index (χ2n) is 7.55. The third-order valence-electron chi connectivity index (χ3n) is 5.23. The summed E-state index contributed by atoms with van der Waals surface area (Å²) in [4.78, 5) is 15.2. The summed E-state index contributed by atoms with van der Waals surface area (Å²) in [6.45, 7) is 0. The van der Waals surface area contributed by atoms with Crippen molar-refractivity contribution < 1.29 is 4.79 Å². The van der Waals surface area contributed by atoms with E-state index in [2.05, 4.69) is 23.1 Å². The molecule has 0 saturated carbocycles. The maximum Gasteiger partial charge on any atom is 0.267 e. The van der Waals surface area contributed by atoms with Gasteiger partial charge in [0.25, 0.3) is 5.91 Å². The van der Waals surface area contributed by atoms with Gasteiger partial charge in [0.1, 0.15) is 0 Å². The molecule has 0 fully saturated rings. The molecule has 4 rings (SSSR count). The number of rotatable bonds is 5. The van der Waals surface area contributed by atoms with E-state index in [1.165, 1.54) is 0 Å². The van der Waals surface area contributed by atoms with Gasteiger partial charge < -0.3 is 4.90 Å². The molecule has 0 bridgehead atoms. The minimum absolute atomic E-state index is 0.120. The highest BCUT2D eigenvalue weighted by Crippen LogP contribution is 2.34. The highest BCUT2D eigenvalue weighted by atomic mass is 16.2. The number of hydrogen-bond acceptors (Lipinski definition) is 3. The van der Waals surface area contributed by atoms with E-state index in [4.69, 9.17) is 5.10 Å². The SMILES string of the molecule is CN(C)c1cccc(C2CC(c3ccccc3)=NN2C(=O)/C=C\c2ccccc2)c1. The minimum Gasteiger partial charge on any atom is -0.378 e. The van der Waals surface area contributed by atoms with Crippen LogP contribution in [-0.2, 0) is 4.79 Å². The van der Waals surface area contributed by atoms with Crippen molar-refractivity contribution >= 4 is 23.4 Å². The molecular formula is C26H25N3O.